The Labute approximate surface area is 195 Å². The Morgan fingerprint density at radius 2 is 1.85 bits per heavy atom. The maximum atomic E-state index is 12.5. The number of aromatic nitrogens is 5. The van der Waals surface area contributed by atoms with Crippen LogP contribution in [0.3, 0.4) is 0 Å². The molecule has 4 rings (SSSR count). The molecule has 170 valence electrons. The molecule has 0 fully saturated rings. The summed E-state index contributed by atoms with van der Waals surface area (Å²) in [5.74, 6) is 1.91. The molecule has 0 radical (unpaired) electrons. The lowest BCUT2D eigenvalue weighted by Gasteiger charge is -2.10. The largest absolute Gasteiger partial charge is 0.497 e. The summed E-state index contributed by atoms with van der Waals surface area (Å²) in [4.78, 5) is 16.9. The molecule has 2 aromatic carbocycles. The van der Waals surface area contributed by atoms with E-state index in [-0.39, 0.29) is 17.1 Å². The molecule has 2 aromatic heterocycles. The number of hydrogen-bond donors (Lipinski definition) is 1. The summed E-state index contributed by atoms with van der Waals surface area (Å²) in [7, 11) is 1.62. The summed E-state index contributed by atoms with van der Waals surface area (Å²) in [6.45, 7) is 6.04. The number of benzene rings is 2. The van der Waals surface area contributed by atoms with Gasteiger partial charge in [-0.2, -0.15) is 4.98 Å². The molecule has 9 nitrogen and oxygen atoms in total. The minimum atomic E-state index is -0.214. The molecule has 0 saturated carbocycles. The van der Waals surface area contributed by atoms with Crippen molar-refractivity contribution in [3.8, 4) is 22.8 Å². The van der Waals surface area contributed by atoms with E-state index in [2.05, 4.69) is 25.7 Å². The third kappa shape index (κ3) is 5.40. The number of rotatable bonds is 7. The van der Waals surface area contributed by atoms with Gasteiger partial charge in [0.2, 0.25) is 17.6 Å². The Morgan fingerprint density at radius 1 is 1.12 bits per heavy atom. The minimum absolute atomic E-state index is 0.147. The minimum Gasteiger partial charge on any atom is -0.497 e. The maximum absolute atomic E-state index is 12.5. The normalized spacial score (nSPS) is 11.4. The van der Waals surface area contributed by atoms with Gasteiger partial charge in [-0.05, 0) is 48.5 Å². The first-order valence-electron chi connectivity index (χ1n) is 10.3. The zero-order valence-electron chi connectivity index (χ0n) is 18.8. The molecular weight excluding hydrogens is 440 g/mol. The third-order valence-electron chi connectivity index (χ3n) is 4.69. The van der Waals surface area contributed by atoms with Crippen molar-refractivity contribution in [3.63, 3.8) is 0 Å². The summed E-state index contributed by atoms with van der Waals surface area (Å²) in [5, 5.41) is 15.6. The van der Waals surface area contributed by atoms with Crippen molar-refractivity contribution in [3.05, 3.63) is 60.7 Å². The summed E-state index contributed by atoms with van der Waals surface area (Å²) < 4.78 is 12.4. The SMILES string of the molecule is COc1ccc(-n2cnnc2SCC(=O)Nc2ccc(-c3noc(C(C)(C)C)n3)cc2)cc1. The van der Waals surface area contributed by atoms with Crippen molar-refractivity contribution in [1.82, 2.24) is 24.9 Å². The quantitative estimate of drug-likeness (QED) is 0.402. The van der Waals surface area contributed by atoms with Gasteiger partial charge in [-0.1, -0.05) is 37.7 Å². The van der Waals surface area contributed by atoms with E-state index in [9.17, 15) is 4.79 Å². The first-order valence-corrected chi connectivity index (χ1v) is 11.2. The van der Waals surface area contributed by atoms with Gasteiger partial charge in [0, 0.05) is 22.4 Å². The number of carbonyl (C=O) groups excluding carboxylic acids is 1. The van der Waals surface area contributed by atoms with Gasteiger partial charge in [-0.25, -0.2) is 0 Å². The topological polar surface area (TPSA) is 108 Å². The second kappa shape index (κ2) is 9.45. The van der Waals surface area contributed by atoms with E-state index in [0.29, 0.717) is 22.6 Å². The van der Waals surface area contributed by atoms with E-state index in [1.54, 1.807) is 13.4 Å². The van der Waals surface area contributed by atoms with E-state index in [1.807, 2.05) is 73.9 Å². The number of hydrogen-bond acceptors (Lipinski definition) is 8. The standard InChI is InChI=1S/C23H24N6O3S/c1-23(2,3)21-26-20(28-32-21)15-5-7-16(8-6-15)25-19(30)13-33-22-27-24-14-29(22)17-9-11-18(31-4)12-10-17/h5-12,14H,13H2,1-4H3,(H,25,30). The molecule has 0 aliphatic carbocycles. The second-order valence-corrected chi connectivity index (χ2v) is 9.21. The van der Waals surface area contributed by atoms with Crippen molar-refractivity contribution in [2.75, 3.05) is 18.2 Å². The number of carbonyl (C=O) groups is 1. The molecule has 1 amide bonds. The van der Waals surface area contributed by atoms with Gasteiger partial charge >= 0.3 is 0 Å². The van der Waals surface area contributed by atoms with Crippen LogP contribution in [0.2, 0.25) is 0 Å². The number of nitrogens with zero attached hydrogens (tertiary/aromatic N) is 5. The van der Waals surface area contributed by atoms with Gasteiger partial charge in [0.15, 0.2) is 5.16 Å². The lowest BCUT2D eigenvalue weighted by Crippen LogP contribution is -2.14. The summed E-state index contributed by atoms with van der Waals surface area (Å²) in [6.07, 6.45) is 1.61. The number of amides is 1. The first kappa shape index (κ1) is 22.5. The molecule has 0 aliphatic rings. The molecule has 0 saturated heterocycles. The van der Waals surface area contributed by atoms with Gasteiger partial charge < -0.3 is 14.6 Å². The number of nitrogens with one attached hydrogen (secondary N) is 1. The van der Waals surface area contributed by atoms with Gasteiger partial charge in [0.25, 0.3) is 0 Å². The van der Waals surface area contributed by atoms with Crippen molar-refractivity contribution in [2.45, 2.75) is 31.3 Å². The van der Waals surface area contributed by atoms with Crippen LogP contribution >= 0.6 is 11.8 Å². The van der Waals surface area contributed by atoms with E-state index < -0.39 is 0 Å². The highest BCUT2D eigenvalue weighted by atomic mass is 32.2. The zero-order valence-corrected chi connectivity index (χ0v) is 19.6. The Morgan fingerprint density at radius 3 is 2.48 bits per heavy atom. The number of ether oxygens (including phenoxy) is 1. The predicted molar refractivity (Wildman–Crippen MR) is 126 cm³/mol. The average molecular weight is 465 g/mol. The smallest absolute Gasteiger partial charge is 0.234 e. The summed E-state index contributed by atoms with van der Waals surface area (Å²) in [6, 6.07) is 14.8. The van der Waals surface area contributed by atoms with Crippen LogP contribution in [0.1, 0.15) is 26.7 Å². The zero-order chi connectivity index (χ0) is 23.4. The van der Waals surface area contributed by atoms with Crippen molar-refractivity contribution < 1.29 is 14.1 Å². The Balaban J connectivity index is 1.35. The summed E-state index contributed by atoms with van der Waals surface area (Å²) >= 11 is 1.30. The molecule has 4 aromatic rings. The molecule has 0 atom stereocenters. The van der Waals surface area contributed by atoms with Crippen LogP contribution in [-0.2, 0) is 10.2 Å². The van der Waals surface area contributed by atoms with Crippen LogP contribution in [0.4, 0.5) is 5.69 Å². The molecular formula is C23H24N6O3S. The average Bonchev–Trinajstić information content (AvgIpc) is 3.48. The van der Waals surface area contributed by atoms with E-state index in [1.165, 1.54) is 11.8 Å². The molecule has 0 unspecified atom stereocenters. The fraction of sp³-hybridized carbons (Fsp3) is 0.261. The van der Waals surface area contributed by atoms with Gasteiger partial charge in [0.1, 0.15) is 12.1 Å². The van der Waals surface area contributed by atoms with Crippen LogP contribution in [0.15, 0.2) is 64.5 Å². The maximum Gasteiger partial charge on any atom is 0.234 e. The molecule has 0 aliphatic heterocycles. The fourth-order valence-electron chi connectivity index (χ4n) is 2.92. The van der Waals surface area contributed by atoms with Crippen LogP contribution in [0.25, 0.3) is 17.1 Å². The number of thioether (sulfide) groups is 1. The molecule has 0 bridgehead atoms. The van der Waals surface area contributed by atoms with Crippen LogP contribution in [0, 0.1) is 0 Å². The highest BCUT2D eigenvalue weighted by molar-refractivity contribution is 7.99. The molecule has 2 heterocycles. The lowest BCUT2D eigenvalue weighted by atomic mass is 9.97. The van der Waals surface area contributed by atoms with Crippen LogP contribution in [0.5, 0.6) is 5.75 Å². The second-order valence-electron chi connectivity index (χ2n) is 8.27. The Hall–Kier alpha value is -3.66. The summed E-state index contributed by atoms with van der Waals surface area (Å²) in [5.41, 5.74) is 2.17. The van der Waals surface area contributed by atoms with E-state index >= 15 is 0 Å². The van der Waals surface area contributed by atoms with Crippen molar-refractivity contribution in [2.24, 2.45) is 0 Å². The monoisotopic (exact) mass is 464 g/mol. The lowest BCUT2D eigenvalue weighted by molar-refractivity contribution is -0.113. The number of methoxy groups -OCH3 is 1. The molecule has 0 spiro atoms. The Kier molecular flexibility index (Phi) is 6.45. The Bertz CT molecular complexity index is 1230. The highest BCUT2D eigenvalue weighted by Gasteiger charge is 2.22. The van der Waals surface area contributed by atoms with E-state index in [4.69, 9.17) is 9.26 Å². The van der Waals surface area contributed by atoms with Gasteiger partial charge in [-0.3, -0.25) is 9.36 Å². The fourth-order valence-corrected chi connectivity index (χ4v) is 3.65. The highest BCUT2D eigenvalue weighted by Crippen LogP contribution is 2.25. The molecule has 10 heteroatoms. The van der Waals surface area contributed by atoms with Crippen LogP contribution < -0.4 is 10.1 Å². The first-order chi connectivity index (χ1) is 15.8. The van der Waals surface area contributed by atoms with Crippen molar-refractivity contribution >= 4 is 23.4 Å². The molecule has 33 heavy (non-hydrogen) atoms. The molecule has 1 N–H and O–H groups in total. The van der Waals surface area contributed by atoms with Gasteiger partial charge in [-0.15, -0.1) is 10.2 Å². The van der Waals surface area contributed by atoms with Crippen molar-refractivity contribution in [1.29, 1.82) is 0 Å². The number of anilines is 1. The van der Waals surface area contributed by atoms with E-state index in [0.717, 1.165) is 17.0 Å². The predicted octanol–water partition coefficient (Wildman–Crippen LogP) is 4.35. The van der Waals surface area contributed by atoms with Gasteiger partial charge in [0.05, 0.1) is 12.9 Å². The third-order valence-corrected chi connectivity index (χ3v) is 5.64. The van der Waals surface area contributed by atoms with Crippen LogP contribution in [-0.4, -0.2) is 43.7 Å².